The summed E-state index contributed by atoms with van der Waals surface area (Å²) in [6, 6.07) is 17.6. The lowest BCUT2D eigenvalue weighted by Crippen LogP contribution is -2.34. The van der Waals surface area contributed by atoms with E-state index in [1.807, 2.05) is 66.4 Å². The number of para-hydroxylation sites is 1. The number of benzene rings is 2. The molecule has 0 saturated carbocycles. The molecule has 0 spiro atoms. The van der Waals surface area contributed by atoms with Crippen LogP contribution in [0.5, 0.6) is 5.75 Å². The van der Waals surface area contributed by atoms with Crippen molar-refractivity contribution in [3.05, 3.63) is 65.7 Å². The number of hydrogen-bond acceptors (Lipinski definition) is 3. The smallest absolute Gasteiger partial charge is 0.257 e. The Kier molecular flexibility index (Phi) is 5.89. The van der Waals surface area contributed by atoms with Crippen molar-refractivity contribution in [2.45, 2.75) is 19.9 Å². The van der Waals surface area contributed by atoms with Crippen molar-refractivity contribution >= 4 is 11.8 Å². The van der Waals surface area contributed by atoms with Gasteiger partial charge in [0.15, 0.2) is 6.61 Å². The quantitative estimate of drug-likeness (QED) is 0.833. The fourth-order valence-corrected chi connectivity index (χ4v) is 3.12. The van der Waals surface area contributed by atoms with E-state index in [2.05, 4.69) is 5.32 Å². The van der Waals surface area contributed by atoms with Gasteiger partial charge in [-0.2, -0.15) is 0 Å². The number of carbonyl (C=O) groups excluding carboxylic acids is 2. The Balaban J connectivity index is 1.41. The van der Waals surface area contributed by atoms with E-state index in [1.165, 1.54) is 0 Å². The number of nitrogens with zero attached hydrogens (tertiary/aromatic N) is 1. The number of likely N-dealkylation sites (tertiary alicyclic amines) is 1. The third-order valence-corrected chi connectivity index (χ3v) is 4.55. The van der Waals surface area contributed by atoms with Gasteiger partial charge in [0.2, 0.25) is 5.91 Å². The van der Waals surface area contributed by atoms with Crippen molar-refractivity contribution in [1.29, 1.82) is 0 Å². The third kappa shape index (κ3) is 4.85. The SMILES string of the molecule is Cc1ccccc1OCC(=O)NCC1CC(=O)N(Cc2ccccc2)C1. The molecule has 26 heavy (non-hydrogen) atoms. The zero-order valence-corrected chi connectivity index (χ0v) is 15.0. The molecule has 0 aliphatic carbocycles. The van der Waals surface area contributed by atoms with Crippen molar-refractivity contribution in [2.24, 2.45) is 5.92 Å². The lowest BCUT2D eigenvalue weighted by atomic mass is 10.1. The molecule has 1 unspecified atom stereocenters. The van der Waals surface area contributed by atoms with Crippen LogP contribution < -0.4 is 10.1 Å². The van der Waals surface area contributed by atoms with Crippen molar-refractivity contribution in [3.8, 4) is 5.75 Å². The molecular formula is C21H24N2O3. The third-order valence-electron chi connectivity index (χ3n) is 4.55. The highest BCUT2D eigenvalue weighted by Crippen LogP contribution is 2.20. The summed E-state index contributed by atoms with van der Waals surface area (Å²) in [7, 11) is 0. The van der Waals surface area contributed by atoms with Crippen LogP contribution in [0.15, 0.2) is 54.6 Å². The molecule has 5 nitrogen and oxygen atoms in total. The van der Waals surface area contributed by atoms with Crippen LogP contribution in [-0.4, -0.2) is 36.4 Å². The lowest BCUT2D eigenvalue weighted by Gasteiger charge is -2.17. The van der Waals surface area contributed by atoms with Gasteiger partial charge in [0, 0.05) is 32.0 Å². The molecule has 1 heterocycles. The maximum absolute atomic E-state index is 12.2. The summed E-state index contributed by atoms with van der Waals surface area (Å²) >= 11 is 0. The maximum atomic E-state index is 12.2. The summed E-state index contributed by atoms with van der Waals surface area (Å²) in [5, 5.41) is 2.88. The highest BCUT2D eigenvalue weighted by molar-refractivity contribution is 5.79. The van der Waals surface area contributed by atoms with Crippen LogP contribution in [0.3, 0.4) is 0 Å². The zero-order valence-electron chi connectivity index (χ0n) is 15.0. The van der Waals surface area contributed by atoms with Crippen LogP contribution in [0.1, 0.15) is 17.5 Å². The van der Waals surface area contributed by atoms with E-state index in [9.17, 15) is 9.59 Å². The maximum Gasteiger partial charge on any atom is 0.257 e. The molecule has 1 aliphatic rings. The summed E-state index contributed by atoms with van der Waals surface area (Å²) in [6.07, 6.45) is 0.478. The van der Waals surface area contributed by atoms with E-state index in [-0.39, 0.29) is 24.3 Å². The minimum atomic E-state index is -0.165. The fraction of sp³-hybridized carbons (Fsp3) is 0.333. The minimum absolute atomic E-state index is 0.0146. The number of nitrogens with one attached hydrogen (secondary N) is 1. The predicted molar refractivity (Wildman–Crippen MR) is 99.6 cm³/mol. The van der Waals surface area contributed by atoms with Gasteiger partial charge in [-0.15, -0.1) is 0 Å². The van der Waals surface area contributed by atoms with Crippen LogP contribution in [-0.2, 0) is 16.1 Å². The summed E-state index contributed by atoms with van der Waals surface area (Å²) in [6.45, 7) is 3.72. The average Bonchev–Trinajstić information content (AvgIpc) is 3.00. The van der Waals surface area contributed by atoms with Gasteiger partial charge in [-0.1, -0.05) is 48.5 Å². The number of rotatable bonds is 7. The lowest BCUT2D eigenvalue weighted by molar-refractivity contribution is -0.128. The molecule has 1 atom stereocenters. The van der Waals surface area contributed by atoms with E-state index in [1.54, 1.807) is 0 Å². The normalized spacial score (nSPS) is 16.6. The Hall–Kier alpha value is -2.82. The molecule has 1 N–H and O–H groups in total. The molecule has 1 fully saturated rings. The molecule has 1 saturated heterocycles. The standard InChI is InChI=1S/C21H24N2O3/c1-16-7-5-6-10-19(16)26-15-20(24)22-12-18-11-21(25)23(14-18)13-17-8-3-2-4-9-17/h2-10,18H,11-15H2,1H3,(H,22,24). The Morgan fingerprint density at radius 1 is 1.15 bits per heavy atom. The second kappa shape index (κ2) is 8.52. The summed E-state index contributed by atoms with van der Waals surface area (Å²) in [4.78, 5) is 26.0. The van der Waals surface area contributed by atoms with Crippen molar-refractivity contribution in [2.75, 3.05) is 19.7 Å². The summed E-state index contributed by atoms with van der Waals surface area (Å²) in [5.74, 6) is 0.841. The van der Waals surface area contributed by atoms with E-state index in [4.69, 9.17) is 4.74 Å². The number of aryl methyl sites for hydroxylation is 1. The first-order valence-electron chi connectivity index (χ1n) is 8.88. The average molecular weight is 352 g/mol. The molecule has 0 aromatic heterocycles. The molecule has 2 aromatic rings. The van der Waals surface area contributed by atoms with E-state index in [0.29, 0.717) is 31.8 Å². The molecule has 2 aromatic carbocycles. The second-order valence-corrected chi connectivity index (χ2v) is 6.69. The first kappa shape index (κ1) is 18.0. The van der Waals surface area contributed by atoms with Crippen LogP contribution in [0, 0.1) is 12.8 Å². The zero-order chi connectivity index (χ0) is 18.4. The van der Waals surface area contributed by atoms with Gasteiger partial charge >= 0.3 is 0 Å². The van der Waals surface area contributed by atoms with Crippen molar-refractivity contribution < 1.29 is 14.3 Å². The highest BCUT2D eigenvalue weighted by atomic mass is 16.5. The molecule has 1 aliphatic heterocycles. The molecule has 2 amide bonds. The van der Waals surface area contributed by atoms with Crippen molar-refractivity contribution in [1.82, 2.24) is 10.2 Å². The number of amides is 2. The predicted octanol–water partition coefficient (Wildman–Crippen LogP) is 2.54. The van der Waals surface area contributed by atoms with Gasteiger partial charge in [-0.25, -0.2) is 0 Å². The Morgan fingerprint density at radius 2 is 1.88 bits per heavy atom. The molecule has 136 valence electrons. The summed E-state index contributed by atoms with van der Waals surface area (Å²) < 4.78 is 5.55. The Bertz CT molecular complexity index is 761. The molecule has 0 bridgehead atoms. The van der Waals surface area contributed by atoms with Gasteiger partial charge in [0.25, 0.3) is 5.91 Å². The van der Waals surface area contributed by atoms with Crippen LogP contribution >= 0.6 is 0 Å². The van der Waals surface area contributed by atoms with Crippen LogP contribution in [0.25, 0.3) is 0 Å². The Labute approximate surface area is 154 Å². The molecule has 3 rings (SSSR count). The Morgan fingerprint density at radius 3 is 2.65 bits per heavy atom. The van der Waals surface area contributed by atoms with Gasteiger partial charge in [-0.05, 0) is 24.1 Å². The van der Waals surface area contributed by atoms with E-state index in [0.717, 1.165) is 11.1 Å². The fourth-order valence-electron chi connectivity index (χ4n) is 3.12. The summed E-state index contributed by atoms with van der Waals surface area (Å²) in [5.41, 5.74) is 2.12. The van der Waals surface area contributed by atoms with E-state index < -0.39 is 0 Å². The number of ether oxygens (including phenoxy) is 1. The number of hydrogen-bond donors (Lipinski definition) is 1. The van der Waals surface area contributed by atoms with Gasteiger partial charge < -0.3 is 15.0 Å². The monoisotopic (exact) mass is 352 g/mol. The largest absolute Gasteiger partial charge is 0.484 e. The molecule has 5 heteroatoms. The molecule has 0 radical (unpaired) electrons. The van der Waals surface area contributed by atoms with Crippen LogP contribution in [0.2, 0.25) is 0 Å². The number of carbonyl (C=O) groups is 2. The van der Waals surface area contributed by atoms with Gasteiger partial charge in [-0.3, -0.25) is 9.59 Å². The topological polar surface area (TPSA) is 58.6 Å². The van der Waals surface area contributed by atoms with Crippen LogP contribution in [0.4, 0.5) is 0 Å². The first-order valence-corrected chi connectivity index (χ1v) is 8.88. The van der Waals surface area contributed by atoms with Crippen molar-refractivity contribution in [3.63, 3.8) is 0 Å². The second-order valence-electron chi connectivity index (χ2n) is 6.69. The van der Waals surface area contributed by atoms with Gasteiger partial charge in [0.1, 0.15) is 5.75 Å². The van der Waals surface area contributed by atoms with Gasteiger partial charge in [0.05, 0.1) is 0 Å². The minimum Gasteiger partial charge on any atom is -0.484 e. The van der Waals surface area contributed by atoms with E-state index >= 15 is 0 Å². The first-order chi connectivity index (χ1) is 12.6. The highest BCUT2D eigenvalue weighted by Gasteiger charge is 2.29. The molecular weight excluding hydrogens is 328 g/mol.